The van der Waals surface area contributed by atoms with E-state index in [0.29, 0.717) is 6.10 Å². The molecule has 3 nitrogen and oxygen atoms in total. The summed E-state index contributed by atoms with van der Waals surface area (Å²) < 4.78 is 10.3. The van der Waals surface area contributed by atoms with E-state index >= 15 is 0 Å². The summed E-state index contributed by atoms with van der Waals surface area (Å²) in [6.07, 6.45) is 6.89. The molecule has 0 atom stereocenters. The fraction of sp³-hybridized carbons (Fsp3) is 0.636. The number of hydrogen-bond acceptors (Lipinski definition) is 3. The predicted molar refractivity (Wildman–Crippen MR) is 51.9 cm³/mol. The second-order valence-corrected chi connectivity index (χ2v) is 3.98. The molecule has 0 radical (unpaired) electrons. The van der Waals surface area contributed by atoms with Crippen molar-refractivity contribution in [1.82, 2.24) is 0 Å². The molecule has 0 amide bonds. The van der Waals surface area contributed by atoms with E-state index in [0.717, 1.165) is 31.2 Å². The zero-order chi connectivity index (χ0) is 10.0. The van der Waals surface area contributed by atoms with Crippen LogP contribution in [0.15, 0.2) is 23.0 Å². The first kappa shape index (κ1) is 9.74. The van der Waals surface area contributed by atoms with Crippen LogP contribution in [0.25, 0.3) is 0 Å². The number of methoxy groups -OCH3 is 1. The lowest BCUT2D eigenvalue weighted by molar-refractivity contribution is -0.0477. The van der Waals surface area contributed by atoms with Gasteiger partial charge in [0.25, 0.3) is 0 Å². The summed E-state index contributed by atoms with van der Waals surface area (Å²) in [5.74, 6) is 0. The molecule has 14 heavy (non-hydrogen) atoms. The Bertz CT molecular complexity index is 271. The predicted octanol–water partition coefficient (Wildman–Crippen LogP) is 2.06. The van der Waals surface area contributed by atoms with Gasteiger partial charge in [-0.3, -0.25) is 0 Å². The topological polar surface area (TPSA) is 42.6 Å². The fourth-order valence-electron chi connectivity index (χ4n) is 2.12. The highest BCUT2D eigenvalue weighted by Crippen LogP contribution is 2.37. The van der Waals surface area contributed by atoms with E-state index in [1.54, 1.807) is 19.6 Å². The summed E-state index contributed by atoms with van der Waals surface area (Å²) >= 11 is 0. The van der Waals surface area contributed by atoms with Gasteiger partial charge in [-0.1, -0.05) is 0 Å². The standard InChI is InChI=1S/C11H16O3/c1-13-10-2-5-11(12,6-3-10)9-4-7-14-8-9/h4,7-8,10,12H,2-3,5-6H2,1H3. The van der Waals surface area contributed by atoms with Gasteiger partial charge in [-0.2, -0.15) is 0 Å². The average molecular weight is 196 g/mol. The molecule has 0 aromatic carbocycles. The number of rotatable bonds is 2. The smallest absolute Gasteiger partial charge is 0.0963 e. The van der Waals surface area contributed by atoms with Crippen LogP contribution in [-0.4, -0.2) is 18.3 Å². The quantitative estimate of drug-likeness (QED) is 0.787. The summed E-state index contributed by atoms with van der Waals surface area (Å²) in [6, 6.07) is 1.84. The molecule has 1 N–H and O–H groups in total. The minimum atomic E-state index is -0.692. The maximum atomic E-state index is 10.3. The van der Waals surface area contributed by atoms with Gasteiger partial charge in [0, 0.05) is 12.7 Å². The van der Waals surface area contributed by atoms with Gasteiger partial charge in [-0.05, 0) is 31.7 Å². The Balaban J connectivity index is 2.06. The Hall–Kier alpha value is -0.800. The molecular weight excluding hydrogens is 180 g/mol. The molecule has 1 aromatic heterocycles. The van der Waals surface area contributed by atoms with Crippen LogP contribution in [0.1, 0.15) is 31.2 Å². The van der Waals surface area contributed by atoms with E-state index in [1.165, 1.54) is 0 Å². The van der Waals surface area contributed by atoms with Crippen LogP contribution >= 0.6 is 0 Å². The van der Waals surface area contributed by atoms with Crippen molar-refractivity contribution >= 4 is 0 Å². The molecule has 2 rings (SSSR count). The Kier molecular flexibility index (Phi) is 2.61. The third-order valence-corrected chi connectivity index (χ3v) is 3.15. The second kappa shape index (κ2) is 3.75. The Morgan fingerprint density at radius 1 is 1.50 bits per heavy atom. The van der Waals surface area contributed by atoms with Crippen molar-refractivity contribution in [3.63, 3.8) is 0 Å². The van der Waals surface area contributed by atoms with Gasteiger partial charge in [0.15, 0.2) is 0 Å². The number of ether oxygens (including phenoxy) is 1. The van der Waals surface area contributed by atoms with Gasteiger partial charge < -0.3 is 14.3 Å². The van der Waals surface area contributed by atoms with Crippen molar-refractivity contribution in [3.8, 4) is 0 Å². The van der Waals surface area contributed by atoms with Crippen molar-refractivity contribution in [2.24, 2.45) is 0 Å². The average Bonchev–Trinajstić information content (AvgIpc) is 2.72. The first-order valence-electron chi connectivity index (χ1n) is 5.02. The third kappa shape index (κ3) is 1.70. The lowest BCUT2D eigenvalue weighted by Crippen LogP contribution is -2.33. The lowest BCUT2D eigenvalue weighted by atomic mass is 9.79. The molecule has 0 aliphatic heterocycles. The summed E-state index contributed by atoms with van der Waals surface area (Å²) in [5.41, 5.74) is 0.203. The van der Waals surface area contributed by atoms with Gasteiger partial charge in [0.2, 0.25) is 0 Å². The number of hydrogen-bond donors (Lipinski definition) is 1. The summed E-state index contributed by atoms with van der Waals surface area (Å²) in [5, 5.41) is 10.3. The molecule has 0 bridgehead atoms. The van der Waals surface area contributed by atoms with Crippen LogP contribution in [0.2, 0.25) is 0 Å². The molecule has 3 heteroatoms. The maximum absolute atomic E-state index is 10.3. The van der Waals surface area contributed by atoms with Crippen LogP contribution in [0.3, 0.4) is 0 Å². The van der Waals surface area contributed by atoms with E-state index in [2.05, 4.69) is 0 Å². The largest absolute Gasteiger partial charge is 0.472 e. The first-order valence-corrected chi connectivity index (χ1v) is 5.02. The van der Waals surface area contributed by atoms with Gasteiger partial charge in [-0.15, -0.1) is 0 Å². The molecule has 1 aliphatic carbocycles. The molecule has 1 aromatic rings. The van der Waals surface area contributed by atoms with Crippen LogP contribution in [0.4, 0.5) is 0 Å². The zero-order valence-electron chi connectivity index (χ0n) is 8.40. The van der Waals surface area contributed by atoms with Crippen molar-refractivity contribution in [3.05, 3.63) is 24.2 Å². The van der Waals surface area contributed by atoms with Crippen LogP contribution < -0.4 is 0 Å². The van der Waals surface area contributed by atoms with Crippen LogP contribution in [-0.2, 0) is 10.3 Å². The molecular formula is C11H16O3. The third-order valence-electron chi connectivity index (χ3n) is 3.15. The fourth-order valence-corrected chi connectivity index (χ4v) is 2.12. The molecule has 1 saturated carbocycles. The zero-order valence-corrected chi connectivity index (χ0v) is 8.40. The molecule has 0 saturated heterocycles. The lowest BCUT2D eigenvalue weighted by Gasteiger charge is -2.34. The van der Waals surface area contributed by atoms with Gasteiger partial charge >= 0.3 is 0 Å². The Labute approximate surface area is 83.7 Å². The molecule has 78 valence electrons. The van der Waals surface area contributed by atoms with Gasteiger partial charge in [-0.25, -0.2) is 0 Å². The minimum Gasteiger partial charge on any atom is -0.472 e. The highest BCUT2D eigenvalue weighted by Gasteiger charge is 2.35. The second-order valence-electron chi connectivity index (χ2n) is 3.98. The van der Waals surface area contributed by atoms with Crippen molar-refractivity contribution < 1.29 is 14.3 Å². The van der Waals surface area contributed by atoms with E-state index in [1.807, 2.05) is 6.07 Å². The Morgan fingerprint density at radius 3 is 2.71 bits per heavy atom. The molecule has 1 aliphatic rings. The molecule has 1 fully saturated rings. The van der Waals surface area contributed by atoms with Crippen molar-refractivity contribution in [2.45, 2.75) is 37.4 Å². The van der Waals surface area contributed by atoms with E-state index in [-0.39, 0.29) is 0 Å². The summed E-state index contributed by atoms with van der Waals surface area (Å²) in [7, 11) is 1.73. The van der Waals surface area contributed by atoms with Crippen molar-refractivity contribution in [1.29, 1.82) is 0 Å². The Morgan fingerprint density at radius 2 is 2.21 bits per heavy atom. The van der Waals surface area contributed by atoms with Crippen molar-refractivity contribution in [2.75, 3.05) is 7.11 Å². The number of furan rings is 1. The number of aliphatic hydroxyl groups is 1. The van der Waals surface area contributed by atoms with Gasteiger partial charge in [0.05, 0.1) is 24.2 Å². The minimum absolute atomic E-state index is 0.308. The summed E-state index contributed by atoms with van der Waals surface area (Å²) in [6.45, 7) is 0. The maximum Gasteiger partial charge on any atom is 0.0963 e. The normalized spacial score (nSPS) is 33.1. The molecule has 0 spiro atoms. The van der Waals surface area contributed by atoms with Crippen LogP contribution in [0, 0.1) is 0 Å². The summed E-state index contributed by atoms with van der Waals surface area (Å²) in [4.78, 5) is 0. The van der Waals surface area contributed by atoms with E-state index in [4.69, 9.17) is 9.15 Å². The molecule has 0 unspecified atom stereocenters. The van der Waals surface area contributed by atoms with Crippen LogP contribution in [0.5, 0.6) is 0 Å². The molecule has 1 heterocycles. The first-order chi connectivity index (χ1) is 6.74. The van der Waals surface area contributed by atoms with E-state index < -0.39 is 5.60 Å². The SMILES string of the molecule is COC1CCC(O)(c2ccoc2)CC1. The highest BCUT2D eigenvalue weighted by molar-refractivity contribution is 5.17. The highest BCUT2D eigenvalue weighted by atomic mass is 16.5. The monoisotopic (exact) mass is 196 g/mol. The van der Waals surface area contributed by atoms with E-state index in [9.17, 15) is 5.11 Å². The van der Waals surface area contributed by atoms with Gasteiger partial charge in [0.1, 0.15) is 0 Å².